The predicted molar refractivity (Wildman–Crippen MR) is 69.4 cm³/mol. The van der Waals surface area contributed by atoms with E-state index in [0.29, 0.717) is 0 Å². The van der Waals surface area contributed by atoms with Crippen LogP contribution in [0.25, 0.3) is 0 Å². The van der Waals surface area contributed by atoms with Crippen molar-refractivity contribution in [1.29, 1.82) is 0 Å². The fourth-order valence-corrected chi connectivity index (χ4v) is 1.84. The molecule has 0 saturated heterocycles. The van der Waals surface area contributed by atoms with Gasteiger partial charge in [-0.2, -0.15) is 0 Å². The first kappa shape index (κ1) is 14.2. The van der Waals surface area contributed by atoms with Crippen molar-refractivity contribution in [2.75, 3.05) is 6.54 Å². The molecule has 0 fully saturated rings. The van der Waals surface area contributed by atoms with Gasteiger partial charge in [0.25, 0.3) is 0 Å². The van der Waals surface area contributed by atoms with Crippen LogP contribution in [0.1, 0.15) is 37.7 Å². The van der Waals surface area contributed by atoms with Gasteiger partial charge in [0.15, 0.2) is 0 Å². The van der Waals surface area contributed by atoms with Crippen LogP contribution in [0.2, 0.25) is 0 Å². The number of benzene rings is 1. The highest BCUT2D eigenvalue weighted by Gasteiger charge is 2.19. The van der Waals surface area contributed by atoms with Crippen LogP contribution in [0.4, 0.5) is 0 Å². The number of rotatable bonds is 7. The third-order valence-electron chi connectivity index (χ3n) is 2.73. The van der Waals surface area contributed by atoms with Gasteiger partial charge in [0.2, 0.25) is 5.91 Å². The number of carboxylic acid groups (broad SMARTS) is 1. The normalized spacial score (nSPS) is 11.8. The van der Waals surface area contributed by atoms with E-state index in [4.69, 9.17) is 5.11 Å². The second-order valence-corrected chi connectivity index (χ2v) is 4.19. The Labute approximate surface area is 107 Å². The summed E-state index contributed by atoms with van der Waals surface area (Å²) >= 11 is 0. The minimum absolute atomic E-state index is 0.0423. The van der Waals surface area contributed by atoms with E-state index in [1.807, 2.05) is 37.3 Å². The number of carbonyl (C=O) groups excluding carboxylic acids is 1. The Kier molecular flexibility index (Phi) is 5.91. The SMILES string of the molecule is CCCC(C(=O)NCCC(=O)O)c1ccccc1. The maximum Gasteiger partial charge on any atom is 0.305 e. The van der Waals surface area contributed by atoms with Crippen LogP contribution in [0.5, 0.6) is 0 Å². The summed E-state index contributed by atoms with van der Waals surface area (Å²) in [6.07, 6.45) is 1.63. The molecule has 1 aromatic rings. The van der Waals surface area contributed by atoms with Gasteiger partial charge < -0.3 is 10.4 Å². The number of hydrogen-bond donors (Lipinski definition) is 2. The first-order valence-electron chi connectivity index (χ1n) is 6.19. The van der Waals surface area contributed by atoms with Crippen molar-refractivity contribution < 1.29 is 14.7 Å². The molecule has 0 spiro atoms. The Balaban J connectivity index is 2.61. The lowest BCUT2D eigenvalue weighted by molar-refractivity contribution is -0.136. The fraction of sp³-hybridized carbons (Fsp3) is 0.429. The van der Waals surface area contributed by atoms with Gasteiger partial charge in [-0.05, 0) is 12.0 Å². The van der Waals surface area contributed by atoms with Gasteiger partial charge in [-0.1, -0.05) is 43.7 Å². The molecule has 0 heterocycles. The molecule has 1 amide bonds. The van der Waals surface area contributed by atoms with Crippen LogP contribution in [-0.2, 0) is 9.59 Å². The van der Waals surface area contributed by atoms with Gasteiger partial charge in [0, 0.05) is 6.54 Å². The van der Waals surface area contributed by atoms with Crippen molar-refractivity contribution in [3.05, 3.63) is 35.9 Å². The molecule has 1 rings (SSSR count). The van der Waals surface area contributed by atoms with E-state index in [1.165, 1.54) is 0 Å². The maximum absolute atomic E-state index is 12.0. The second kappa shape index (κ2) is 7.48. The van der Waals surface area contributed by atoms with Crippen LogP contribution in [-0.4, -0.2) is 23.5 Å². The van der Waals surface area contributed by atoms with Gasteiger partial charge in [-0.25, -0.2) is 0 Å². The molecule has 1 unspecified atom stereocenters. The van der Waals surface area contributed by atoms with E-state index in [1.54, 1.807) is 0 Å². The second-order valence-electron chi connectivity index (χ2n) is 4.19. The molecule has 0 aliphatic rings. The number of amides is 1. The topological polar surface area (TPSA) is 66.4 Å². The average molecular weight is 249 g/mol. The Morgan fingerprint density at radius 1 is 1.28 bits per heavy atom. The summed E-state index contributed by atoms with van der Waals surface area (Å²) in [5.74, 6) is -1.18. The first-order valence-corrected chi connectivity index (χ1v) is 6.19. The molecule has 0 aliphatic carbocycles. The molecule has 18 heavy (non-hydrogen) atoms. The molecule has 4 heteroatoms. The van der Waals surface area contributed by atoms with Crippen molar-refractivity contribution >= 4 is 11.9 Å². The molecule has 4 nitrogen and oxygen atoms in total. The average Bonchev–Trinajstić information content (AvgIpc) is 2.36. The van der Waals surface area contributed by atoms with Crippen molar-refractivity contribution in [2.24, 2.45) is 0 Å². The zero-order chi connectivity index (χ0) is 13.4. The minimum atomic E-state index is -0.901. The van der Waals surface area contributed by atoms with Crippen LogP contribution < -0.4 is 5.32 Å². The molecule has 0 aliphatic heterocycles. The highest BCUT2D eigenvalue weighted by molar-refractivity contribution is 5.83. The highest BCUT2D eigenvalue weighted by Crippen LogP contribution is 2.21. The number of nitrogens with one attached hydrogen (secondary N) is 1. The van der Waals surface area contributed by atoms with E-state index in [0.717, 1.165) is 18.4 Å². The van der Waals surface area contributed by atoms with Gasteiger partial charge in [-0.15, -0.1) is 0 Å². The monoisotopic (exact) mass is 249 g/mol. The Morgan fingerprint density at radius 2 is 1.94 bits per heavy atom. The van der Waals surface area contributed by atoms with Gasteiger partial charge in [0.1, 0.15) is 0 Å². The van der Waals surface area contributed by atoms with Crippen molar-refractivity contribution in [2.45, 2.75) is 32.1 Å². The number of carbonyl (C=O) groups is 2. The molecule has 1 aromatic carbocycles. The number of hydrogen-bond acceptors (Lipinski definition) is 2. The minimum Gasteiger partial charge on any atom is -0.481 e. The van der Waals surface area contributed by atoms with Crippen LogP contribution in [0.3, 0.4) is 0 Å². The van der Waals surface area contributed by atoms with Crippen molar-refractivity contribution in [1.82, 2.24) is 5.32 Å². The molecule has 1 atom stereocenters. The summed E-state index contributed by atoms with van der Waals surface area (Å²) < 4.78 is 0. The summed E-state index contributed by atoms with van der Waals surface area (Å²) in [6.45, 7) is 2.21. The molecule has 98 valence electrons. The Morgan fingerprint density at radius 3 is 2.50 bits per heavy atom. The summed E-state index contributed by atoms with van der Waals surface area (Å²) in [4.78, 5) is 22.4. The van der Waals surface area contributed by atoms with Gasteiger partial charge >= 0.3 is 5.97 Å². The first-order chi connectivity index (χ1) is 8.65. The van der Waals surface area contributed by atoms with Crippen molar-refractivity contribution in [3.63, 3.8) is 0 Å². The van der Waals surface area contributed by atoms with Crippen LogP contribution in [0, 0.1) is 0 Å². The quantitative estimate of drug-likeness (QED) is 0.778. The van der Waals surface area contributed by atoms with Gasteiger partial charge in [-0.3, -0.25) is 9.59 Å². The maximum atomic E-state index is 12.0. The third kappa shape index (κ3) is 4.57. The zero-order valence-electron chi connectivity index (χ0n) is 10.6. The van der Waals surface area contributed by atoms with Crippen LogP contribution in [0.15, 0.2) is 30.3 Å². The molecule has 0 bridgehead atoms. The van der Waals surface area contributed by atoms with Crippen LogP contribution >= 0.6 is 0 Å². The van der Waals surface area contributed by atoms with E-state index < -0.39 is 5.97 Å². The number of aliphatic carboxylic acids is 1. The smallest absolute Gasteiger partial charge is 0.305 e. The van der Waals surface area contributed by atoms with Crippen molar-refractivity contribution in [3.8, 4) is 0 Å². The van der Waals surface area contributed by atoms with Gasteiger partial charge in [0.05, 0.1) is 12.3 Å². The van der Waals surface area contributed by atoms with E-state index >= 15 is 0 Å². The zero-order valence-corrected chi connectivity index (χ0v) is 10.6. The summed E-state index contributed by atoms with van der Waals surface area (Å²) in [7, 11) is 0. The lowest BCUT2D eigenvalue weighted by Gasteiger charge is -2.16. The Bertz CT molecular complexity index is 389. The molecule has 2 N–H and O–H groups in total. The highest BCUT2D eigenvalue weighted by atomic mass is 16.4. The molecule has 0 radical (unpaired) electrons. The number of carboxylic acids is 1. The summed E-state index contributed by atoms with van der Waals surface area (Å²) in [5.41, 5.74) is 0.979. The standard InChI is InChI=1S/C14H19NO3/c1-2-6-12(11-7-4-3-5-8-11)14(18)15-10-9-13(16)17/h3-5,7-8,12H,2,6,9-10H2,1H3,(H,15,18)(H,16,17). The predicted octanol–water partition coefficient (Wildman–Crippen LogP) is 2.16. The fourth-order valence-electron chi connectivity index (χ4n) is 1.84. The lowest BCUT2D eigenvalue weighted by atomic mass is 9.93. The lowest BCUT2D eigenvalue weighted by Crippen LogP contribution is -2.31. The van der Waals surface area contributed by atoms with E-state index in [2.05, 4.69) is 5.32 Å². The molecular weight excluding hydrogens is 230 g/mol. The van der Waals surface area contributed by atoms with E-state index in [-0.39, 0.29) is 24.8 Å². The molecule has 0 saturated carbocycles. The molecular formula is C14H19NO3. The van der Waals surface area contributed by atoms with E-state index in [9.17, 15) is 9.59 Å². The largest absolute Gasteiger partial charge is 0.481 e. The third-order valence-corrected chi connectivity index (χ3v) is 2.73. The Hall–Kier alpha value is -1.84. The summed E-state index contributed by atoms with van der Waals surface area (Å²) in [6, 6.07) is 9.58. The summed E-state index contributed by atoms with van der Waals surface area (Å²) in [5, 5.41) is 11.2. The molecule has 0 aromatic heterocycles.